The van der Waals surface area contributed by atoms with Gasteiger partial charge in [-0.25, -0.2) is 4.98 Å². The lowest BCUT2D eigenvalue weighted by Gasteiger charge is -2.11. The minimum Gasteiger partial charge on any atom is -0.494 e. The number of hydrogen-bond acceptors (Lipinski definition) is 3. The highest BCUT2D eigenvalue weighted by Crippen LogP contribution is 2.20. The van der Waals surface area contributed by atoms with Crippen molar-refractivity contribution in [1.82, 2.24) is 14.9 Å². The fourth-order valence-corrected chi connectivity index (χ4v) is 4.58. The van der Waals surface area contributed by atoms with Crippen LogP contribution in [-0.4, -0.2) is 22.1 Å². The number of nitrogens with one attached hydrogen (secondary N) is 1. The zero-order valence-corrected chi connectivity index (χ0v) is 21.8. The number of benzene rings is 4. The quantitative estimate of drug-likeness (QED) is 0.203. The van der Waals surface area contributed by atoms with Crippen LogP contribution in [0.1, 0.15) is 29.8 Å². The fourth-order valence-electron chi connectivity index (χ4n) is 4.58. The van der Waals surface area contributed by atoms with Crippen molar-refractivity contribution in [3.05, 3.63) is 120 Å². The molecule has 5 nitrogen and oxygen atoms in total. The van der Waals surface area contributed by atoms with E-state index in [1.54, 1.807) is 0 Å². The molecule has 5 heteroatoms. The van der Waals surface area contributed by atoms with Gasteiger partial charge in [0.05, 0.1) is 30.6 Å². The molecule has 0 atom stereocenters. The van der Waals surface area contributed by atoms with E-state index in [4.69, 9.17) is 9.72 Å². The standard InChI is InChI=1S/C33H33N3O2/c1-25-13-19-29(20-14-25)38-22-8-7-21-36-31-12-6-5-11-30(31)35-32(36)24-34-33(37)23-26-15-17-28(18-16-26)27-9-3-2-4-10-27/h2-6,9-20H,7-8,21-24H2,1H3,(H,34,37). The highest BCUT2D eigenvalue weighted by molar-refractivity contribution is 5.79. The smallest absolute Gasteiger partial charge is 0.224 e. The number of unbranched alkanes of at least 4 members (excludes halogenated alkanes) is 1. The lowest BCUT2D eigenvalue weighted by Crippen LogP contribution is -2.26. The van der Waals surface area contributed by atoms with Gasteiger partial charge in [0, 0.05) is 6.54 Å². The highest BCUT2D eigenvalue weighted by atomic mass is 16.5. The molecule has 0 saturated heterocycles. The summed E-state index contributed by atoms with van der Waals surface area (Å²) in [5.41, 5.74) is 6.57. The lowest BCUT2D eigenvalue weighted by atomic mass is 10.0. The summed E-state index contributed by atoms with van der Waals surface area (Å²) in [6, 6.07) is 34.7. The third-order valence-electron chi connectivity index (χ3n) is 6.67. The Morgan fingerprint density at radius 2 is 1.53 bits per heavy atom. The second-order valence-electron chi connectivity index (χ2n) is 9.55. The monoisotopic (exact) mass is 503 g/mol. The molecule has 1 amide bonds. The van der Waals surface area contributed by atoms with Crippen molar-refractivity contribution in [3.8, 4) is 16.9 Å². The van der Waals surface area contributed by atoms with Crippen LogP contribution in [-0.2, 0) is 24.3 Å². The molecular weight excluding hydrogens is 470 g/mol. The molecule has 0 fully saturated rings. The summed E-state index contributed by atoms with van der Waals surface area (Å²) in [6.45, 7) is 3.97. The van der Waals surface area contributed by atoms with Crippen molar-refractivity contribution in [3.63, 3.8) is 0 Å². The summed E-state index contributed by atoms with van der Waals surface area (Å²) in [5, 5.41) is 3.08. The zero-order valence-electron chi connectivity index (χ0n) is 21.8. The van der Waals surface area contributed by atoms with Gasteiger partial charge in [-0.05, 0) is 60.7 Å². The molecule has 4 aromatic carbocycles. The summed E-state index contributed by atoms with van der Waals surface area (Å²) in [4.78, 5) is 17.6. The summed E-state index contributed by atoms with van der Waals surface area (Å²) in [7, 11) is 0. The Morgan fingerprint density at radius 3 is 2.32 bits per heavy atom. The fraction of sp³-hybridized carbons (Fsp3) is 0.212. The molecule has 1 aromatic heterocycles. The van der Waals surface area contributed by atoms with E-state index in [1.807, 2.05) is 60.7 Å². The molecule has 1 heterocycles. The molecule has 0 aliphatic carbocycles. The molecule has 0 unspecified atom stereocenters. The second-order valence-corrected chi connectivity index (χ2v) is 9.55. The Morgan fingerprint density at radius 1 is 0.816 bits per heavy atom. The van der Waals surface area contributed by atoms with E-state index in [0.29, 0.717) is 19.6 Å². The van der Waals surface area contributed by atoms with Crippen LogP contribution in [0.15, 0.2) is 103 Å². The van der Waals surface area contributed by atoms with Crippen molar-refractivity contribution < 1.29 is 9.53 Å². The molecule has 0 radical (unpaired) electrons. The molecule has 38 heavy (non-hydrogen) atoms. The van der Waals surface area contributed by atoms with Crippen LogP contribution in [0.3, 0.4) is 0 Å². The van der Waals surface area contributed by atoms with E-state index < -0.39 is 0 Å². The topological polar surface area (TPSA) is 56.1 Å². The second kappa shape index (κ2) is 12.2. The molecule has 0 aliphatic rings. The Kier molecular flexibility index (Phi) is 8.14. The average Bonchev–Trinajstić information content (AvgIpc) is 3.31. The first-order valence-electron chi connectivity index (χ1n) is 13.2. The van der Waals surface area contributed by atoms with Gasteiger partial charge in [0.25, 0.3) is 0 Å². The average molecular weight is 504 g/mol. The summed E-state index contributed by atoms with van der Waals surface area (Å²) < 4.78 is 8.10. The van der Waals surface area contributed by atoms with Gasteiger partial charge < -0.3 is 14.6 Å². The Balaban J connectivity index is 1.16. The van der Waals surface area contributed by atoms with E-state index >= 15 is 0 Å². The van der Waals surface area contributed by atoms with E-state index in [0.717, 1.165) is 53.1 Å². The Hall–Kier alpha value is -4.38. The summed E-state index contributed by atoms with van der Waals surface area (Å²) in [5.74, 6) is 1.77. The molecule has 5 aromatic rings. The van der Waals surface area contributed by atoms with Crippen LogP contribution >= 0.6 is 0 Å². The third-order valence-corrected chi connectivity index (χ3v) is 6.67. The molecule has 192 valence electrons. The summed E-state index contributed by atoms with van der Waals surface area (Å²) >= 11 is 0. The molecule has 1 N–H and O–H groups in total. The predicted octanol–water partition coefficient (Wildman–Crippen LogP) is 6.73. The number of carbonyl (C=O) groups is 1. The van der Waals surface area contributed by atoms with Gasteiger partial charge in [0.15, 0.2) is 0 Å². The van der Waals surface area contributed by atoms with Gasteiger partial charge in [0.2, 0.25) is 5.91 Å². The highest BCUT2D eigenvalue weighted by Gasteiger charge is 2.12. The van der Waals surface area contributed by atoms with Crippen LogP contribution in [0, 0.1) is 6.92 Å². The van der Waals surface area contributed by atoms with E-state index in [9.17, 15) is 4.79 Å². The zero-order chi connectivity index (χ0) is 26.2. The van der Waals surface area contributed by atoms with Crippen molar-refractivity contribution in [2.45, 2.75) is 39.3 Å². The van der Waals surface area contributed by atoms with Crippen molar-refractivity contribution in [2.24, 2.45) is 0 Å². The van der Waals surface area contributed by atoms with E-state index in [1.165, 1.54) is 11.1 Å². The Labute approximate surface area is 224 Å². The number of para-hydroxylation sites is 2. The number of amides is 1. The number of rotatable bonds is 11. The number of aryl methyl sites for hydroxylation is 2. The number of nitrogens with zero attached hydrogens (tertiary/aromatic N) is 2. The maximum atomic E-state index is 12.8. The van der Waals surface area contributed by atoms with Crippen LogP contribution < -0.4 is 10.1 Å². The van der Waals surface area contributed by atoms with Gasteiger partial charge in [-0.2, -0.15) is 0 Å². The first-order valence-corrected chi connectivity index (χ1v) is 13.2. The van der Waals surface area contributed by atoms with Gasteiger partial charge in [0.1, 0.15) is 11.6 Å². The molecule has 0 aliphatic heterocycles. The van der Waals surface area contributed by atoms with Crippen LogP contribution in [0.5, 0.6) is 5.75 Å². The maximum Gasteiger partial charge on any atom is 0.224 e. The molecule has 0 saturated carbocycles. The first-order chi connectivity index (χ1) is 18.7. The van der Waals surface area contributed by atoms with E-state index in [2.05, 4.69) is 59.3 Å². The number of aromatic nitrogens is 2. The molecule has 0 bridgehead atoms. The van der Waals surface area contributed by atoms with Crippen molar-refractivity contribution >= 4 is 16.9 Å². The number of ether oxygens (including phenoxy) is 1. The molecule has 5 rings (SSSR count). The Bertz CT molecular complexity index is 1470. The lowest BCUT2D eigenvalue weighted by molar-refractivity contribution is -0.120. The van der Waals surface area contributed by atoms with Crippen molar-refractivity contribution in [2.75, 3.05) is 6.61 Å². The predicted molar refractivity (Wildman–Crippen MR) is 153 cm³/mol. The van der Waals surface area contributed by atoms with Crippen LogP contribution in [0.2, 0.25) is 0 Å². The van der Waals surface area contributed by atoms with E-state index in [-0.39, 0.29) is 5.91 Å². The molecule has 0 spiro atoms. The number of hydrogen-bond donors (Lipinski definition) is 1. The van der Waals surface area contributed by atoms with Crippen LogP contribution in [0.25, 0.3) is 22.2 Å². The minimum absolute atomic E-state index is 0.0115. The van der Waals surface area contributed by atoms with Gasteiger partial charge >= 0.3 is 0 Å². The van der Waals surface area contributed by atoms with Gasteiger partial charge in [-0.3, -0.25) is 4.79 Å². The van der Waals surface area contributed by atoms with Gasteiger partial charge in [-0.1, -0.05) is 84.4 Å². The SMILES string of the molecule is Cc1ccc(OCCCCn2c(CNC(=O)Cc3ccc(-c4ccccc4)cc3)nc3ccccc32)cc1. The maximum absolute atomic E-state index is 12.8. The molecular formula is C33H33N3O2. The van der Waals surface area contributed by atoms with Crippen LogP contribution in [0.4, 0.5) is 0 Å². The summed E-state index contributed by atoms with van der Waals surface area (Å²) in [6.07, 6.45) is 2.23. The van der Waals surface area contributed by atoms with Crippen molar-refractivity contribution in [1.29, 1.82) is 0 Å². The largest absolute Gasteiger partial charge is 0.494 e. The minimum atomic E-state index is -0.0115. The number of imidazole rings is 1. The van der Waals surface area contributed by atoms with Gasteiger partial charge in [-0.15, -0.1) is 0 Å². The number of carbonyl (C=O) groups excluding carboxylic acids is 1. The normalized spacial score (nSPS) is 11.0. The third kappa shape index (κ3) is 6.48. The number of fused-ring (bicyclic) bond motifs is 1. The first kappa shape index (κ1) is 25.3.